The van der Waals surface area contributed by atoms with Crippen LogP contribution in [0.1, 0.15) is 23.0 Å². The molecule has 0 saturated carbocycles. The van der Waals surface area contributed by atoms with Gasteiger partial charge in [0.1, 0.15) is 12.4 Å². The molecule has 0 N–H and O–H groups in total. The molecule has 2 aromatic heterocycles. The van der Waals surface area contributed by atoms with Gasteiger partial charge in [0.05, 0.1) is 17.9 Å². The lowest BCUT2D eigenvalue weighted by Gasteiger charge is -2.13. The summed E-state index contributed by atoms with van der Waals surface area (Å²) < 4.78 is 12.4. The Kier molecular flexibility index (Phi) is 5.57. The zero-order chi connectivity index (χ0) is 20.9. The molecule has 0 bridgehead atoms. The van der Waals surface area contributed by atoms with Crippen LogP contribution in [-0.4, -0.2) is 22.1 Å². The normalized spacial score (nSPS) is 10.7. The Hall–Kier alpha value is -3.93. The lowest BCUT2D eigenvalue weighted by Crippen LogP contribution is -2.21. The van der Waals surface area contributed by atoms with E-state index in [9.17, 15) is 9.59 Å². The number of hydrogen-bond acceptors (Lipinski definition) is 5. The van der Waals surface area contributed by atoms with E-state index in [0.717, 1.165) is 0 Å². The van der Waals surface area contributed by atoms with E-state index in [4.69, 9.17) is 9.47 Å². The van der Waals surface area contributed by atoms with Crippen LogP contribution in [-0.2, 0) is 11.3 Å². The molecule has 30 heavy (non-hydrogen) atoms. The van der Waals surface area contributed by atoms with Gasteiger partial charge in [-0.2, -0.15) is 0 Å². The van der Waals surface area contributed by atoms with Crippen molar-refractivity contribution in [3.05, 3.63) is 101 Å². The third kappa shape index (κ3) is 3.93. The van der Waals surface area contributed by atoms with E-state index in [1.165, 1.54) is 10.8 Å². The lowest BCUT2D eigenvalue weighted by atomic mass is 10.1. The zero-order valence-corrected chi connectivity index (χ0v) is 16.4. The first-order valence-corrected chi connectivity index (χ1v) is 9.62. The van der Waals surface area contributed by atoms with Gasteiger partial charge < -0.3 is 9.47 Å². The standard InChI is InChI=1S/C24H20N2O4/c1-2-29-19-12-10-18(11-13-19)26-15-22(20-8-3-4-9-21(20)23(26)27)24(28)30-16-17-7-5-6-14-25-17/h3-15H,2,16H2,1H3. The Morgan fingerprint density at radius 2 is 1.70 bits per heavy atom. The number of carbonyl (C=O) groups is 1. The molecule has 0 amide bonds. The van der Waals surface area contributed by atoms with Crippen molar-refractivity contribution in [1.82, 2.24) is 9.55 Å². The highest BCUT2D eigenvalue weighted by Crippen LogP contribution is 2.20. The number of aromatic nitrogens is 2. The van der Waals surface area contributed by atoms with Crippen LogP contribution < -0.4 is 10.3 Å². The molecule has 0 atom stereocenters. The van der Waals surface area contributed by atoms with Crippen molar-refractivity contribution in [3.8, 4) is 11.4 Å². The van der Waals surface area contributed by atoms with E-state index in [2.05, 4.69) is 4.98 Å². The van der Waals surface area contributed by atoms with Gasteiger partial charge in [0.2, 0.25) is 0 Å². The number of pyridine rings is 2. The Balaban J connectivity index is 1.74. The first-order valence-electron chi connectivity index (χ1n) is 9.62. The Bertz CT molecular complexity index is 1230. The summed E-state index contributed by atoms with van der Waals surface area (Å²) in [4.78, 5) is 30.1. The minimum atomic E-state index is -0.517. The average Bonchev–Trinajstić information content (AvgIpc) is 2.79. The van der Waals surface area contributed by atoms with E-state index in [-0.39, 0.29) is 12.2 Å². The third-order valence-corrected chi connectivity index (χ3v) is 4.65. The molecule has 6 nitrogen and oxygen atoms in total. The summed E-state index contributed by atoms with van der Waals surface area (Å²) in [5.41, 5.74) is 1.38. The summed E-state index contributed by atoms with van der Waals surface area (Å²) in [7, 11) is 0. The SMILES string of the molecule is CCOc1ccc(-n2cc(C(=O)OCc3ccccn3)c3ccccc3c2=O)cc1. The summed E-state index contributed by atoms with van der Waals surface area (Å²) in [5.74, 6) is 0.196. The molecule has 0 saturated heterocycles. The number of hydrogen-bond donors (Lipinski definition) is 0. The second-order valence-corrected chi connectivity index (χ2v) is 6.59. The van der Waals surface area contributed by atoms with Gasteiger partial charge in [-0.25, -0.2) is 4.79 Å². The molecule has 0 fully saturated rings. The minimum Gasteiger partial charge on any atom is -0.494 e. The quantitative estimate of drug-likeness (QED) is 0.455. The summed E-state index contributed by atoms with van der Waals surface area (Å²) in [5, 5.41) is 0.995. The maximum absolute atomic E-state index is 13.1. The second kappa shape index (κ2) is 8.61. The van der Waals surface area contributed by atoms with Crippen LogP contribution in [0, 0.1) is 0 Å². The van der Waals surface area contributed by atoms with E-state index < -0.39 is 5.97 Å². The van der Waals surface area contributed by atoms with Crippen LogP contribution in [0.3, 0.4) is 0 Å². The van der Waals surface area contributed by atoms with Crippen molar-refractivity contribution in [2.75, 3.05) is 6.61 Å². The average molecular weight is 400 g/mol. The van der Waals surface area contributed by atoms with Crippen molar-refractivity contribution < 1.29 is 14.3 Å². The summed E-state index contributed by atoms with van der Waals surface area (Å²) in [6.45, 7) is 2.52. The smallest absolute Gasteiger partial charge is 0.340 e. The number of carbonyl (C=O) groups excluding carboxylic acids is 1. The molecule has 4 rings (SSSR count). The van der Waals surface area contributed by atoms with E-state index in [1.54, 1.807) is 66.9 Å². The van der Waals surface area contributed by atoms with Crippen LogP contribution in [0.2, 0.25) is 0 Å². The molecule has 0 radical (unpaired) electrons. The van der Waals surface area contributed by atoms with Crippen LogP contribution >= 0.6 is 0 Å². The maximum Gasteiger partial charge on any atom is 0.340 e. The van der Waals surface area contributed by atoms with E-state index >= 15 is 0 Å². The summed E-state index contributed by atoms with van der Waals surface area (Å²) in [6.07, 6.45) is 3.17. The summed E-state index contributed by atoms with van der Waals surface area (Å²) in [6, 6.07) is 19.6. The monoisotopic (exact) mass is 400 g/mol. The van der Waals surface area contributed by atoms with Crippen LogP contribution in [0.15, 0.2) is 83.9 Å². The molecule has 0 unspecified atom stereocenters. The molecular weight excluding hydrogens is 380 g/mol. The molecule has 150 valence electrons. The first-order chi connectivity index (χ1) is 14.7. The highest BCUT2D eigenvalue weighted by Gasteiger charge is 2.17. The second-order valence-electron chi connectivity index (χ2n) is 6.59. The number of rotatable bonds is 6. The van der Waals surface area contributed by atoms with Gasteiger partial charge in [0.25, 0.3) is 5.56 Å². The molecular formula is C24H20N2O4. The van der Waals surface area contributed by atoms with Crippen LogP contribution in [0.5, 0.6) is 5.75 Å². The Morgan fingerprint density at radius 1 is 0.967 bits per heavy atom. The van der Waals surface area contributed by atoms with Crippen LogP contribution in [0.25, 0.3) is 16.5 Å². The summed E-state index contributed by atoms with van der Waals surface area (Å²) >= 11 is 0. The number of nitrogens with zero attached hydrogens (tertiary/aromatic N) is 2. The third-order valence-electron chi connectivity index (χ3n) is 4.65. The topological polar surface area (TPSA) is 70.4 Å². The maximum atomic E-state index is 13.1. The largest absolute Gasteiger partial charge is 0.494 e. The Labute approximate surface area is 173 Å². The van der Waals surface area contributed by atoms with E-state index in [0.29, 0.717) is 40.1 Å². The Morgan fingerprint density at radius 3 is 2.40 bits per heavy atom. The van der Waals surface area contributed by atoms with Crippen LogP contribution in [0.4, 0.5) is 0 Å². The molecule has 6 heteroatoms. The van der Waals surface area contributed by atoms with E-state index in [1.807, 2.05) is 13.0 Å². The van der Waals surface area contributed by atoms with Gasteiger partial charge in [-0.15, -0.1) is 0 Å². The van der Waals surface area contributed by atoms with Crippen molar-refractivity contribution in [3.63, 3.8) is 0 Å². The molecule has 2 aromatic carbocycles. The minimum absolute atomic E-state index is 0.0518. The van der Waals surface area contributed by atoms with Crippen molar-refractivity contribution in [1.29, 1.82) is 0 Å². The molecule has 2 heterocycles. The number of fused-ring (bicyclic) bond motifs is 1. The lowest BCUT2D eigenvalue weighted by molar-refractivity contribution is 0.0469. The molecule has 4 aromatic rings. The highest BCUT2D eigenvalue weighted by molar-refractivity contribution is 6.04. The molecule has 0 aliphatic carbocycles. The van der Waals surface area contributed by atoms with Crippen molar-refractivity contribution in [2.45, 2.75) is 13.5 Å². The fourth-order valence-electron chi connectivity index (χ4n) is 3.22. The van der Waals surface area contributed by atoms with Gasteiger partial charge in [0.15, 0.2) is 0 Å². The molecule has 0 aliphatic heterocycles. The van der Waals surface area contributed by atoms with Gasteiger partial charge in [-0.1, -0.05) is 24.3 Å². The first kappa shape index (κ1) is 19.4. The fraction of sp³-hybridized carbons (Fsp3) is 0.125. The number of ether oxygens (including phenoxy) is 2. The number of esters is 1. The van der Waals surface area contributed by atoms with Gasteiger partial charge in [0, 0.05) is 28.9 Å². The van der Waals surface area contributed by atoms with Gasteiger partial charge in [-0.3, -0.25) is 14.3 Å². The number of benzene rings is 2. The highest BCUT2D eigenvalue weighted by atomic mass is 16.5. The predicted molar refractivity (Wildman–Crippen MR) is 114 cm³/mol. The van der Waals surface area contributed by atoms with Crippen molar-refractivity contribution in [2.24, 2.45) is 0 Å². The molecule has 0 aliphatic rings. The van der Waals surface area contributed by atoms with Gasteiger partial charge >= 0.3 is 5.97 Å². The fourth-order valence-corrected chi connectivity index (χ4v) is 3.22. The predicted octanol–water partition coefficient (Wildman–Crippen LogP) is 4.14. The van der Waals surface area contributed by atoms with Gasteiger partial charge in [-0.05, 0) is 49.4 Å². The van der Waals surface area contributed by atoms with Crippen molar-refractivity contribution >= 4 is 16.7 Å². The zero-order valence-electron chi connectivity index (χ0n) is 16.4. The molecule has 0 spiro atoms.